The number of halogens is 1. The molecule has 3 aromatic carbocycles. The molecule has 1 fully saturated rings. The lowest BCUT2D eigenvalue weighted by Gasteiger charge is -2.26. The quantitative estimate of drug-likeness (QED) is 0.392. The van der Waals surface area contributed by atoms with Gasteiger partial charge in [0.2, 0.25) is 10.0 Å². The summed E-state index contributed by atoms with van der Waals surface area (Å²) < 4.78 is 37.8. The van der Waals surface area contributed by atoms with Gasteiger partial charge in [-0.3, -0.25) is 4.79 Å². The number of amides is 1. The molecule has 0 radical (unpaired) electrons. The first-order chi connectivity index (χ1) is 16.7. The largest absolute Gasteiger partial charge is 0.423 e. The fraction of sp³-hybridized carbons (Fsp3) is 0.200. The van der Waals surface area contributed by atoms with E-state index in [1.807, 2.05) is 19.1 Å². The zero-order valence-corrected chi connectivity index (χ0v) is 20.4. The second-order valence-corrected chi connectivity index (χ2v) is 10.2. The lowest BCUT2D eigenvalue weighted by atomic mass is 10.1. The van der Waals surface area contributed by atoms with Crippen molar-refractivity contribution in [2.24, 2.45) is 0 Å². The number of carbonyl (C=O) groups is 2. The van der Waals surface area contributed by atoms with Gasteiger partial charge in [-0.25, -0.2) is 13.2 Å². The molecule has 1 saturated heterocycles. The zero-order chi connectivity index (χ0) is 25.0. The number of anilines is 1. The van der Waals surface area contributed by atoms with Crippen LogP contribution in [-0.2, 0) is 14.8 Å². The number of morpholine rings is 1. The molecule has 3 aromatic rings. The van der Waals surface area contributed by atoms with E-state index in [1.165, 1.54) is 28.6 Å². The van der Waals surface area contributed by atoms with E-state index in [0.29, 0.717) is 24.5 Å². The second-order valence-electron chi connectivity index (χ2n) is 7.90. The van der Waals surface area contributed by atoms with Crippen molar-refractivity contribution in [2.45, 2.75) is 11.8 Å². The van der Waals surface area contributed by atoms with Gasteiger partial charge in [-0.2, -0.15) is 4.31 Å². The van der Waals surface area contributed by atoms with Gasteiger partial charge >= 0.3 is 5.97 Å². The Morgan fingerprint density at radius 1 is 1.00 bits per heavy atom. The minimum Gasteiger partial charge on any atom is -0.423 e. The Hall–Kier alpha value is -3.24. The van der Waals surface area contributed by atoms with E-state index in [4.69, 9.17) is 21.1 Å². The van der Waals surface area contributed by atoms with Crippen LogP contribution in [-0.4, -0.2) is 50.9 Å². The number of aryl methyl sites for hydroxylation is 1. The van der Waals surface area contributed by atoms with Crippen LogP contribution in [0.15, 0.2) is 71.6 Å². The molecule has 182 valence electrons. The van der Waals surface area contributed by atoms with Crippen LogP contribution < -0.4 is 10.1 Å². The Labute approximate surface area is 208 Å². The third-order valence-electron chi connectivity index (χ3n) is 5.38. The normalized spacial score (nSPS) is 14.3. The monoisotopic (exact) mass is 514 g/mol. The first kappa shape index (κ1) is 24.9. The molecular weight excluding hydrogens is 492 g/mol. The van der Waals surface area contributed by atoms with E-state index in [2.05, 4.69) is 5.32 Å². The van der Waals surface area contributed by atoms with Crippen molar-refractivity contribution < 1.29 is 27.5 Å². The molecule has 1 amide bonds. The van der Waals surface area contributed by atoms with E-state index >= 15 is 0 Å². The zero-order valence-electron chi connectivity index (χ0n) is 18.9. The molecule has 0 unspecified atom stereocenters. The summed E-state index contributed by atoms with van der Waals surface area (Å²) in [6, 6.07) is 17.3. The molecule has 1 aliphatic rings. The number of nitrogens with one attached hydrogen (secondary N) is 1. The van der Waals surface area contributed by atoms with Crippen molar-refractivity contribution in [1.29, 1.82) is 0 Å². The van der Waals surface area contributed by atoms with Crippen LogP contribution in [0.25, 0.3) is 0 Å². The van der Waals surface area contributed by atoms with E-state index in [9.17, 15) is 18.0 Å². The number of benzene rings is 3. The van der Waals surface area contributed by atoms with Crippen LogP contribution in [0, 0.1) is 6.92 Å². The summed E-state index contributed by atoms with van der Waals surface area (Å²) in [5.74, 6) is -0.970. The summed E-state index contributed by atoms with van der Waals surface area (Å²) in [5.41, 5.74) is 1.87. The number of esters is 1. The maximum Gasteiger partial charge on any atom is 0.345 e. The second kappa shape index (κ2) is 10.6. The summed E-state index contributed by atoms with van der Waals surface area (Å²) in [6.45, 7) is 2.99. The molecule has 1 heterocycles. The van der Waals surface area contributed by atoms with Gasteiger partial charge in [0.15, 0.2) is 0 Å². The first-order valence-corrected chi connectivity index (χ1v) is 12.6. The molecule has 0 aromatic heterocycles. The molecule has 0 atom stereocenters. The molecular formula is C25H23ClN2O6S. The average Bonchev–Trinajstić information content (AvgIpc) is 2.85. The van der Waals surface area contributed by atoms with Crippen molar-refractivity contribution in [3.05, 3.63) is 88.4 Å². The van der Waals surface area contributed by atoms with Crippen LogP contribution in [0.1, 0.15) is 26.3 Å². The fourth-order valence-electron chi connectivity index (χ4n) is 3.46. The molecule has 35 heavy (non-hydrogen) atoms. The van der Waals surface area contributed by atoms with E-state index in [0.717, 1.165) is 5.56 Å². The van der Waals surface area contributed by atoms with Crippen LogP contribution in [0.3, 0.4) is 0 Å². The van der Waals surface area contributed by atoms with Gasteiger partial charge in [0.25, 0.3) is 5.91 Å². The van der Waals surface area contributed by atoms with Crippen molar-refractivity contribution in [2.75, 3.05) is 31.6 Å². The van der Waals surface area contributed by atoms with Crippen molar-refractivity contribution in [3.63, 3.8) is 0 Å². The molecule has 0 aliphatic carbocycles. The summed E-state index contributed by atoms with van der Waals surface area (Å²) in [5, 5.41) is 2.81. The number of nitrogens with zero attached hydrogens (tertiary/aromatic N) is 1. The summed E-state index contributed by atoms with van der Waals surface area (Å²) in [7, 11) is -3.82. The molecule has 0 saturated carbocycles. The lowest BCUT2D eigenvalue weighted by Crippen LogP contribution is -2.40. The number of hydrogen-bond donors (Lipinski definition) is 1. The van der Waals surface area contributed by atoms with Crippen LogP contribution >= 0.6 is 11.6 Å². The Balaban J connectivity index is 1.50. The van der Waals surface area contributed by atoms with E-state index < -0.39 is 16.0 Å². The van der Waals surface area contributed by atoms with Crippen molar-refractivity contribution in [1.82, 2.24) is 4.31 Å². The predicted molar refractivity (Wildman–Crippen MR) is 132 cm³/mol. The molecule has 0 bridgehead atoms. The van der Waals surface area contributed by atoms with E-state index in [-0.39, 0.29) is 40.2 Å². The van der Waals surface area contributed by atoms with Crippen LogP contribution in [0.2, 0.25) is 5.02 Å². The maximum absolute atomic E-state index is 12.9. The highest BCUT2D eigenvalue weighted by atomic mass is 35.5. The Morgan fingerprint density at radius 3 is 2.43 bits per heavy atom. The Kier molecular flexibility index (Phi) is 7.51. The van der Waals surface area contributed by atoms with Gasteiger partial charge in [0.05, 0.1) is 28.7 Å². The average molecular weight is 515 g/mol. The highest BCUT2D eigenvalue weighted by Gasteiger charge is 2.28. The molecule has 1 N–H and O–H groups in total. The number of rotatable bonds is 6. The number of carbonyl (C=O) groups excluding carboxylic acids is 2. The highest BCUT2D eigenvalue weighted by molar-refractivity contribution is 7.89. The molecule has 0 spiro atoms. The van der Waals surface area contributed by atoms with Gasteiger partial charge in [0, 0.05) is 30.4 Å². The SMILES string of the molecule is Cc1ccc(C(=O)Nc2cccc(OC(=O)c3cc(S(=O)(=O)N4CCOCC4)ccc3Cl)c2)cc1. The van der Waals surface area contributed by atoms with Gasteiger partial charge < -0.3 is 14.8 Å². The van der Waals surface area contributed by atoms with Crippen molar-refractivity contribution >= 4 is 39.2 Å². The molecule has 4 rings (SSSR count). The number of hydrogen-bond acceptors (Lipinski definition) is 6. The lowest BCUT2D eigenvalue weighted by molar-refractivity contribution is 0.0727. The van der Waals surface area contributed by atoms with Gasteiger partial charge in [-0.05, 0) is 49.4 Å². The third-order valence-corrected chi connectivity index (χ3v) is 7.61. The van der Waals surface area contributed by atoms with E-state index in [1.54, 1.807) is 30.3 Å². The minimum absolute atomic E-state index is 0.0553. The van der Waals surface area contributed by atoms with Gasteiger partial charge in [-0.15, -0.1) is 0 Å². The Bertz CT molecular complexity index is 1350. The smallest absolute Gasteiger partial charge is 0.345 e. The highest BCUT2D eigenvalue weighted by Crippen LogP contribution is 2.26. The van der Waals surface area contributed by atoms with Gasteiger partial charge in [0.1, 0.15) is 5.75 Å². The van der Waals surface area contributed by atoms with Gasteiger partial charge in [-0.1, -0.05) is 35.4 Å². The molecule has 1 aliphatic heterocycles. The van der Waals surface area contributed by atoms with Crippen LogP contribution in [0.5, 0.6) is 5.75 Å². The Morgan fingerprint density at radius 2 is 1.71 bits per heavy atom. The number of sulfonamides is 1. The maximum atomic E-state index is 12.9. The standard InChI is InChI=1S/C25H23ClN2O6S/c1-17-5-7-18(8-6-17)24(29)27-19-3-2-4-20(15-19)34-25(30)22-16-21(9-10-23(22)26)35(31,32)28-11-13-33-14-12-28/h2-10,15-16H,11-14H2,1H3,(H,27,29). The topological polar surface area (TPSA) is 102 Å². The third kappa shape index (κ3) is 5.88. The summed E-state index contributed by atoms with van der Waals surface area (Å²) in [4.78, 5) is 25.3. The summed E-state index contributed by atoms with van der Waals surface area (Å²) in [6.07, 6.45) is 0. The minimum atomic E-state index is -3.82. The first-order valence-electron chi connectivity index (χ1n) is 10.8. The number of ether oxygens (including phenoxy) is 2. The molecule has 8 nitrogen and oxygen atoms in total. The fourth-order valence-corrected chi connectivity index (χ4v) is 5.09. The predicted octanol–water partition coefficient (Wildman–Crippen LogP) is 4.14. The summed E-state index contributed by atoms with van der Waals surface area (Å²) >= 11 is 6.19. The van der Waals surface area contributed by atoms with Crippen molar-refractivity contribution in [3.8, 4) is 5.75 Å². The van der Waals surface area contributed by atoms with Crippen LogP contribution in [0.4, 0.5) is 5.69 Å². The molecule has 10 heteroatoms.